The van der Waals surface area contributed by atoms with Crippen molar-refractivity contribution in [1.29, 1.82) is 0 Å². The maximum atomic E-state index is 12.2. The van der Waals surface area contributed by atoms with Crippen molar-refractivity contribution in [3.63, 3.8) is 0 Å². The molecule has 18 heavy (non-hydrogen) atoms. The topological polar surface area (TPSA) is 59.8 Å². The van der Waals surface area contributed by atoms with Gasteiger partial charge < -0.3 is 9.15 Å². The maximum Gasteiger partial charge on any atom is 0.217 e. The first-order valence-electron chi connectivity index (χ1n) is 6.09. The van der Waals surface area contributed by atoms with E-state index in [1.54, 1.807) is 4.31 Å². The molecule has 1 atom stereocenters. The second-order valence-corrected chi connectivity index (χ2v) is 6.57. The monoisotopic (exact) mass is 273 g/mol. The molecule has 5 nitrogen and oxygen atoms in total. The number of ether oxygens (including phenoxy) is 1. The third-order valence-corrected chi connectivity index (χ3v) is 5.03. The van der Waals surface area contributed by atoms with E-state index in [4.69, 9.17) is 9.15 Å². The van der Waals surface area contributed by atoms with E-state index < -0.39 is 10.0 Å². The van der Waals surface area contributed by atoms with Crippen molar-refractivity contribution >= 4 is 10.0 Å². The third kappa shape index (κ3) is 2.76. The lowest BCUT2D eigenvalue weighted by atomic mass is 10.2. The lowest BCUT2D eigenvalue weighted by Gasteiger charge is -2.22. The van der Waals surface area contributed by atoms with E-state index in [1.165, 1.54) is 7.11 Å². The molecule has 0 aliphatic carbocycles. The first-order valence-corrected chi connectivity index (χ1v) is 7.70. The molecule has 1 aromatic heterocycles. The average Bonchev–Trinajstić information content (AvgIpc) is 2.94. The maximum absolute atomic E-state index is 12.2. The van der Waals surface area contributed by atoms with E-state index in [0.717, 1.165) is 24.4 Å². The van der Waals surface area contributed by atoms with Crippen molar-refractivity contribution in [2.45, 2.75) is 25.8 Å². The molecule has 0 unspecified atom stereocenters. The molecule has 6 heteroatoms. The van der Waals surface area contributed by atoms with Crippen molar-refractivity contribution in [2.24, 2.45) is 0 Å². The standard InChI is InChI=1S/C12H19NO4S/c1-10-5-6-12(17-10)11-4-3-7-13(11)18(14,15)9-8-16-2/h5-6,11H,3-4,7-9H2,1-2H3/t11-/m0/s1. The molecule has 0 aromatic carbocycles. The molecule has 1 saturated heterocycles. The predicted molar refractivity (Wildman–Crippen MR) is 67.8 cm³/mol. The van der Waals surface area contributed by atoms with Crippen LogP contribution in [0.2, 0.25) is 0 Å². The zero-order valence-corrected chi connectivity index (χ0v) is 11.6. The number of rotatable bonds is 5. The minimum atomic E-state index is -3.26. The molecule has 0 saturated carbocycles. The highest BCUT2D eigenvalue weighted by atomic mass is 32.2. The van der Waals surface area contributed by atoms with Crippen LogP contribution in [0.15, 0.2) is 16.5 Å². The van der Waals surface area contributed by atoms with Gasteiger partial charge in [0, 0.05) is 13.7 Å². The van der Waals surface area contributed by atoms with Crippen LogP contribution in [0.3, 0.4) is 0 Å². The summed E-state index contributed by atoms with van der Waals surface area (Å²) in [5, 5.41) is 0. The van der Waals surface area contributed by atoms with E-state index >= 15 is 0 Å². The summed E-state index contributed by atoms with van der Waals surface area (Å²) < 4.78 is 36.3. The average molecular weight is 273 g/mol. The highest BCUT2D eigenvalue weighted by Crippen LogP contribution is 2.35. The Hall–Kier alpha value is -0.850. The number of furan rings is 1. The molecule has 0 N–H and O–H groups in total. The van der Waals surface area contributed by atoms with Gasteiger partial charge in [-0.05, 0) is 31.9 Å². The van der Waals surface area contributed by atoms with E-state index in [0.29, 0.717) is 6.54 Å². The van der Waals surface area contributed by atoms with Crippen LogP contribution in [0.4, 0.5) is 0 Å². The Morgan fingerprint density at radius 3 is 2.89 bits per heavy atom. The Bertz CT molecular complexity index is 494. The minimum Gasteiger partial charge on any atom is -0.465 e. The van der Waals surface area contributed by atoms with E-state index in [-0.39, 0.29) is 18.4 Å². The Morgan fingerprint density at radius 1 is 1.50 bits per heavy atom. The third-order valence-electron chi connectivity index (χ3n) is 3.20. The summed E-state index contributed by atoms with van der Waals surface area (Å²) in [6.07, 6.45) is 1.69. The van der Waals surface area contributed by atoms with Crippen molar-refractivity contribution in [2.75, 3.05) is 26.0 Å². The van der Waals surface area contributed by atoms with Crippen LogP contribution < -0.4 is 0 Å². The van der Waals surface area contributed by atoms with Crippen LogP contribution in [0.1, 0.15) is 30.4 Å². The number of aryl methyl sites for hydroxylation is 1. The lowest BCUT2D eigenvalue weighted by molar-refractivity contribution is 0.214. The van der Waals surface area contributed by atoms with Crippen LogP contribution in [-0.4, -0.2) is 38.7 Å². The summed E-state index contributed by atoms with van der Waals surface area (Å²) in [6, 6.07) is 3.58. The Labute approximate surface area is 108 Å². The van der Waals surface area contributed by atoms with Crippen LogP contribution in [0, 0.1) is 6.92 Å². The quantitative estimate of drug-likeness (QED) is 0.819. The summed E-state index contributed by atoms with van der Waals surface area (Å²) >= 11 is 0. The van der Waals surface area contributed by atoms with Crippen LogP contribution >= 0.6 is 0 Å². The lowest BCUT2D eigenvalue weighted by Crippen LogP contribution is -2.33. The van der Waals surface area contributed by atoms with Crippen LogP contribution in [-0.2, 0) is 14.8 Å². The molecule has 0 spiro atoms. The van der Waals surface area contributed by atoms with Gasteiger partial charge in [-0.3, -0.25) is 0 Å². The molecule has 1 fully saturated rings. The highest BCUT2D eigenvalue weighted by Gasteiger charge is 2.36. The molecule has 0 bridgehead atoms. The fourth-order valence-corrected chi connectivity index (χ4v) is 3.91. The first-order chi connectivity index (χ1) is 8.54. The Kier molecular flexibility index (Phi) is 4.09. The van der Waals surface area contributed by atoms with Crippen molar-refractivity contribution in [1.82, 2.24) is 4.31 Å². The van der Waals surface area contributed by atoms with Gasteiger partial charge in [0.25, 0.3) is 0 Å². The van der Waals surface area contributed by atoms with Gasteiger partial charge in [-0.15, -0.1) is 0 Å². The van der Waals surface area contributed by atoms with Gasteiger partial charge in [-0.2, -0.15) is 4.31 Å². The summed E-state index contributed by atoms with van der Waals surface area (Å²) in [5.74, 6) is 1.58. The van der Waals surface area contributed by atoms with Gasteiger partial charge in [0.15, 0.2) is 0 Å². The van der Waals surface area contributed by atoms with E-state index in [1.807, 2.05) is 19.1 Å². The second kappa shape index (κ2) is 5.42. The summed E-state index contributed by atoms with van der Waals surface area (Å²) in [4.78, 5) is 0. The number of hydrogen-bond donors (Lipinski definition) is 0. The van der Waals surface area contributed by atoms with Gasteiger partial charge in [-0.1, -0.05) is 0 Å². The highest BCUT2D eigenvalue weighted by molar-refractivity contribution is 7.89. The van der Waals surface area contributed by atoms with E-state index in [9.17, 15) is 8.42 Å². The Morgan fingerprint density at radius 2 is 2.28 bits per heavy atom. The first kappa shape index (κ1) is 13.6. The van der Waals surface area contributed by atoms with Crippen LogP contribution in [0.25, 0.3) is 0 Å². The number of sulfonamides is 1. The molecular formula is C12H19NO4S. The van der Waals surface area contributed by atoms with Crippen molar-refractivity contribution in [3.8, 4) is 0 Å². The van der Waals surface area contributed by atoms with E-state index in [2.05, 4.69) is 0 Å². The summed E-state index contributed by atoms with van der Waals surface area (Å²) in [6.45, 7) is 2.65. The fourth-order valence-electron chi connectivity index (χ4n) is 2.30. The zero-order chi connectivity index (χ0) is 13.2. The van der Waals surface area contributed by atoms with Gasteiger partial charge in [0.2, 0.25) is 10.0 Å². The molecular weight excluding hydrogens is 254 g/mol. The number of hydrogen-bond acceptors (Lipinski definition) is 4. The second-order valence-electron chi connectivity index (χ2n) is 4.53. The molecule has 0 radical (unpaired) electrons. The van der Waals surface area contributed by atoms with Gasteiger partial charge in [-0.25, -0.2) is 8.42 Å². The van der Waals surface area contributed by atoms with Gasteiger partial charge >= 0.3 is 0 Å². The SMILES string of the molecule is COCCS(=O)(=O)N1CCC[C@H]1c1ccc(C)o1. The summed E-state index contributed by atoms with van der Waals surface area (Å²) in [7, 11) is -1.76. The Balaban J connectivity index is 2.17. The van der Waals surface area contributed by atoms with Crippen LogP contribution in [0.5, 0.6) is 0 Å². The van der Waals surface area contributed by atoms with Gasteiger partial charge in [0.1, 0.15) is 11.5 Å². The molecule has 0 amide bonds. The predicted octanol–water partition coefficient (Wildman–Crippen LogP) is 1.70. The van der Waals surface area contributed by atoms with Gasteiger partial charge in [0.05, 0.1) is 18.4 Å². The van der Waals surface area contributed by atoms with Crippen molar-refractivity contribution < 1.29 is 17.6 Å². The molecule has 102 valence electrons. The molecule has 2 heterocycles. The number of methoxy groups -OCH3 is 1. The zero-order valence-electron chi connectivity index (χ0n) is 10.8. The molecule has 1 aliphatic rings. The molecule has 1 aliphatic heterocycles. The fraction of sp³-hybridized carbons (Fsp3) is 0.667. The minimum absolute atomic E-state index is 0.0275. The largest absolute Gasteiger partial charge is 0.465 e. The summed E-state index contributed by atoms with van der Waals surface area (Å²) in [5.41, 5.74) is 0. The number of nitrogens with zero attached hydrogens (tertiary/aromatic N) is 1. The molecule has 2 rings (SSSR count). The molecule has 1 aromatic rings. The normalized spacial score (nSPS) is 21.6. The smallest absolute Gasteiger partial charge is 0.217 e. The van der Waals surface area contributed by atoms with Crippen molar-refractivity contribution in [3.05, 3.63) is 23.7 Å².